The SMILES string of the molecule is CNCc1oc2ccccc2c1CN(C)C1CC1. The van der Waals surface area contributed by atoms with Crippen LogP contribution in [-0.2, 0) is 13.1 Å². The van der Waals surface area contributed by atoms with Gasteiger partial charge in [0.1, 0.15) is 11.3 Å². The van der Waals surface area contributed by atoms with Crippen LogP contribution in [0.25, 0.3) is 11.0 Å². The number of rotatable bonds is 5. The first-order chi connectivity index (χ1) is 8.79. The Kier molecular flexibility index (Phi) is 3.10. The molecular formula is C15H20N2O. The summed E-state index contributed by atoms with van der Waals surface area (Å²) >= 11 is 0. The summed E-state index contributed by atoms with van der Waals surface area (Å²) in [5.74, 6) is 1.08. The van der Waals surface area contributed by atoms with E-state index >= 15 is 0 Å². The fourth-order valence-electron chi connectivity index (χ4n) is 2.52. The average molecular weight is 244 g/mol. The molecule has 3 nitrogen and oxygen atoms in total. The first kappa shape index (κ1) is 11.8. The average Bonchev–Trinajstić information content (AvgIpc) is 3.16. The number of hydrogen-bond acceptors (Lipinski definition) is 3. The van der Waals surface area contributed by atoms with Crippen molar-refractivity contribution in [2.45, 2.75) is 32.0 Å². The van der Waals surface area contributed by atoms with Crippen LogP contribution in [-0.4, -0.2) is 25.0 Å². The molecule has 3 heteroatoms. The minimum atomic E-state index is 0.779. The maximum Gasteiger partial charge on any atom is 0.134 e. The minimum absolute atomic E-state index is 0.779. The lowest BCUT2D eigenvalue weighted by molar-refractivity contribution is 0.313. The molecule has 0 aliphatic heterocycles. The Labute approximate surface area is 108 Å². The predicted molar refractivity (Wildman–Crippen MR) is 73.5 cm³/mol. The van der Waals surface area contributed by atoms with Gasteiger partial charge in [-0.25, -0.2) is 0 Å². The van der Waals surface area contributed by atoms with Crippen molar-refractivity contribution < 1.29 is 4.42 Å². The van der Waals surface area contributed by atoms with E-state index in [1.54, 1.807) is 0 Å². The summed E-state index contributed by atoms with van der Waals surface area (Å²) in [6.45, 7) is 1.78. The topological polar surface area (TPSA) is 28.4 Å². The standard InChI is InChI=1S/C15H20N2O/c1-16-9-15-13(10-17(2)11-7-8-11)12-5-3-4-6-14(12)18-15/h3-6,11,16H,7-10H2,1-2H3. The van der Waals surface area contributed by atoms with E-state index in [1.165, 1.54) is 23.8 Å². The molecular weight excluding hydrogens is 224 g/mol. The number of hydrogen-bond donors (Lipinski definition) is 1. The summed E-state index contributed by atoms with van der Waals surface area (Å²) in [4.78, 5) is 2.44. The first-order valence-corrected chi connectivity index (χ1v) is 6.63. The van der Waals surface area contributed by atoms with Crippen molar-refractivity contribution in [3.63, 3.8) is 0 Å². The molecule has 1 N–H and O–H groups in total. The maximum atomic E-state index is 5.95. The van der Waals surface area contributed by atoms with Crippen molar-refractivity contribution in [2.75, 3.05) is 14.1 Å². The third-order valence-corrected chi connectivity index (χ3v) is 3.70. The van der Waals surface area contributed by atoms with Crippen LogP contribution in [0.3, 0.4) is 0 Å². The molecule has 0 bridgehead atoms. The highest BCUT2D eigenvalue weighted by Crippen LogP contribution is 2.31. The summed E-state index contributed by atoms with van der Waals surface area (Å²) < 4.78 is 5.95. The van der Waals surface area contributed by atoms with Gasteiger partial charge < -0.3 is 9.73 Å². The Bertz CT molecular complexity index is 542. The molecule has 1 aromatic heterocycles. The van der Waals surface area contributed by atoms with Gasteiger partial charge >= 0.3 is 0 Å². The zero-order valence-corrected chi connectivity index (χ0v) is 11.1. The van der Waals surface area contributed by atoms with Crippen molar-refractivity contribution in [3.05, 3.63) is 35.6 Å². The molecule has 1 fully saturated rings. The molecule has 1 aromatic carbocycles. The number of furan rings is 1. The molecule has 1 aliphatic carbocycles. The van der Waals surface area contributed by atoms with E-state index in [0.29, 0.717) is 0 Å². The molecule has 18 heavy (non-hydrogen) atoms. The molecule has 1 heterocycles. The van der Waals surface area contributed by atoms with Gasteiger partial charge in [-0.2, -0.15) is 0 Å². The van der Waals surface area contributed by atoms with Crippen molar-refractivity contribution in [1.29, 1.82) is 0 Å². The summed E-state index contributed by atoms with van der Waals surface area (Å²) in [5.41, 5.74) is 2.34. The van der Waals surface area contributed by atoms with Crippen LogP contribution in [0.1, 0.15) is 24.2 Å². The third kappa shape index (κ3) is 2.16. The fraction of sp³-hybridized carbons (Fsp3) is 0.467. The zero-order chi connectivity index (χ0) is 12.5. The first-order valence-electron chi connectivity index (χ1n) is 6.63. The van der Waals surface area contributed by atoms with Gasteiger partial charge in [0.05, 0.1) is 6.54 Å². The van der Waals surface area contributed by atoms with E-state index in [-0.39, 0.29) is 0 Å². The van der Waals surface area contributed by atoms with E-state index in [1.807, 2.05) is 13.1 Å². The van der Waals surface area contributed by atoms with Crippen LogP contribution in [0.15, 0.2) is 28.7 Å². The highest BCUT2D eigenvalue weighted by Gasteiger charge is 2.27. The summed E-state index contributed by atoms with van der Waals surface area (Å²) in [6, 6.07) is 9.11. The normalized spacial score (nSPS) is 15.7. The second kappa shape index (κ2) is 4.75. The summed E-state index contributed by atoms with van der Waals surface area (Å²) in [5, 5.41) is 4.45. The smallest absolute Gasteiger partial charge is 0.134 e. The third-order valence-electron chi connectivity index (χ3n) is 3.70. The monoisotopic (exact) mass is 244 g/mol. The van der Waals surface area contributed by atoms with E-state index in [2.05, 4.69) is 35.5 Å². The van der Waals surface area contributed by atoms with Gasteiger partial charge in [0, 0.05) is 23.5 Å². The lowest BCUT2D eigenvalue weighted by atomic mass is 10.1. The minimum Gasteiger partial charge on any atom is -0.459 e. The number of para-hydroxylation sites is 1. The number of nitrogens with zero attached hydrogens (tertiary/aromatic N) is 1. The molecule has 0 amide bonds. The highest BCUT2D eigenvalue weighted by molar-refractivity contribution is 5.82. The lowest BCUT2D eigenvalue weighted by Gasteiger charge is -2.15. The van der Waals surface area contributed by atoms with Gasteiger partial charge in [-0.3, -0.25) is 4.90 Å². The highest BCUT2D eigenvalue weighted by atomic mass is 16.3. The molecule has 0 radical (unpaired) electrons. The predicted octanol–water partition coefficient (Wildman–Crippen LogP) is 2.75. The Morgan fingerprint density at radius 3 is 2.83 bits per heavy atom. The van der Waals surface area contributed by atoms with Crippen molar-refractivity contribution in [3.8, 4) is 0 Å². The van der Waals surface area contributed by atoms with Crippen LogP contribution < -0.4 is 5.32 Å². The summed E-state index contributed by atoms with van der Waals surface area (Å²) in [6.07, 6.45) is 2.68. The van der Waals surface area contributed by atoms with Gasteiger partial charge in [0.15, 0.2) is 0 Å². The molecule has 1 saturated carbocycles. The Morgan fingerprint density at radius 1 is 1.33 bits per heavy atom. The van der Waals surface area contributed by atoms with E-state index in [4.69, 9.17) is 4.42 Å². The fourth-order valence-corrected chi connectivity index (χ4v) is 2.52. The Morgan fingerprint density at radius 2 is 2.11 bits per heavy atom. The van der Waals surface area contributed by atoms with Crippen LogP contribution in [0.5, 0.6) is 0 Å². The number of nitrogens with one attached hydrogen (secondary N) is 1. The van der Waals surface area contributed by atoms with Crippen LogP contribution in [0, 0.1) is 0 Å². The van der Waals surface area contributed by atoms with Gasteiger partial charge in [0.2, 0.25) is 0 Å². The van der Waals surface area contributed by atoms with Gasteiger partial charge in [-0.1, -0.05) is 18.2 Å². The number of benzene rings is 1. The van der Waals surface area contributed by atoms with Gasteiger partial charge in [0.25, 0.3) is 0 Å². The summed E-state index contributed by atoms with van der Waals surface area (Å²) in [7, 11) is 4.17. The second-order valence-corrected chi connectivity index (χ2v) is 5.18. The quantitative estimate of drug-likeness (QED) is 0.876. The molecule has 0 spiro atoms. The Balaban J connectivity index is 1.97. The number of fused-ring (bicyclic) bond motifs is 1. The van der Waals surface area contributed by atoms with Crippen LogP contribution in [0.4, 0.5) is 0 Å². The van der Waals surface area contributed by atoms with E-state index < -0.39 is 0 Å². The molecule has 0 saturated heterocycles. The van der Waals surface area contributed by atoms with Crippen molar-refractivity contribution in [2.24, 2.45) is 0 Å². The molecule has 2 aromatic rings. The second-order valence-electron chi connectivity index (χ2n) is 5.18. The maximum absolute atomic E-state index is 5.95. The van der Waals surface area contributed by atoms with Crippen LogP contribution in [0.2, 0.25) is 0 Å². The van der Waals surface area contributed by atoms with Gasteiger partial charge in [-0.15, -0.1) is 0 Å². The zero-order valence-electron chi connectivity index (χ0n) is 11.1. The van der Waals surface area contributed by atoms with Crippen molar-refractivity contribution >= 4 is 11.0 Å². The molecule has 0 atom stereocenters. The van der Waals surface area contributed by atoms with E-state index in [0.717, 1.165) is 30.5 Å². The molecule has 1 aliphatic rings. The lowest BCUT2D eigenvalue weighted by Crippen LogP contribution is -2.21. The molecule has 96 valence electrons. The largest absolute Gasteiger partial charge is 0.459 e. The molecule has 0 unspecified atom stereocenters. The van der Waals surface area contributed by atoms with E-state index in [9.17, 15) is 0 Å². The van der Waals surface area contributed by atoms with Gasteiger partial charge in [-0.05, 0) is 33.0 Å². The van der Waals surface area contributed by atoms with Crippen molar-refractivity contribution in [1.82, 2.24) is 10.2 Å². The Hall–Kier alpha value is -1.32. The molecule has 3 rings (SSSR count). The van der Waals surface area contributed by atoms with Crippen LogP contribution >= 0.6 is 0 Å².